The first kappa shape index (κ1) is 27.7. The van der Waals surface area contributed by atoms with E-state index < -0.39 is 12.0 Å². The van der Waals surface area contributed by atoms with Crippen molar-refractivity contribution in [2.24, 2.45) is 5.92 Å². The Bertz CT molecular complexity index is 880. The van der Waals surface area contributed by atoms with E-state index in [4.69, 9.17) is 9.47 Å². The molecule has 1 heterocycles. The van der Waals surface area contributed by atoms with Crippen LogP contribution in [0.3, 0.4) is 0 Å². The first-order valence-electron chi connectivity index (χ1n) is 12.2. The lowest BCUT2D eigenvalue weighted by molar-refractivity contribution is -0.152. The molecule has 1 aromatic rings. The lowest BCUT2D eigenvalue weighted by Gasteiger charge is -2.34. The third kappa shape index (κ3) is 7.74. The second-order valence-corrected chi connectivity index (χ2v) is 11.5. The molecule has 2 rings (SSSR count). The SMILES string of the molecule is CC(C)CCOC(=O)CC1C(=O)NCCN1C(=O)COc1ccc(C(C)(C)C)cc1C(C)(C)C. The summed E-state index contributed by atoms with van der Waals surface area (Å²) in [5.41, 5.74) is 2.04. The molecule has 1 fully saturated rings. The fraction of sp³-hybridized carbons (Fsp3) is 0.667. The summed E-state index contributed by atoms with van der Waals surface area (Å²) in [6.07, 6.45) is 0.590. The molecule has 7 heteroatoms. The zero-order valence-electron chi connectivity index (χ0n) is 22.1. The Morgan fingerprint density at radius 3 is 2.38 bits per heavy atom. The molecule has 1 aliphatic heterocycles. The van der Waals surface area contributed by atoms with Gasteiger partial charge in [0.15, 0.2) is 6.61 Å². The molecule has 0 saturated carbocycles. The number of hydrogen-bond acceptors (Lipinski definition) is 5. The average Bonchev–Trinajstić information content (AvgIpc) is 2.71. The molecule has 7 nitrogen and oxygen atoms in total. The van der Waals surface area contributed by atoms with Crippen LogP contribution in [0.5, 0.6) is 5.75 Å². The highest BCUT2D eigenvalue weighted by molar-refractivity contribution is 5.92. The standard InChI is InChI=1S/C27H42N2O5/c1-18(2)11-14-33-24(31)16-21-25(32)28-12-13-29(21)23(30)17-34-22-10-9-19(26(3,4)5)15-20(22)27(6,7)8/h9-10,15,18,21H,11-14,16-17H2,1-8H3,(H,28,32). The lowest BCUT2D eigenvalue weighted by Crippen LogP contribution is -2.58. The third-order valence-corrected chi connectivity index (χ3v) is 5.97. The van der Waals surface area contributed by atoms with E-state index in [0.29, 0.717) is 31.4 Å². The van der Waals surface area contributed by atoms with E-state index in [0.717, 1.165) is 12.0 Å². The van der Waals surface area contributed by atoms with Crippen molar-refractivity contribution in [3.05, 3.63) is 29.3 Å². The number of hydrogen-bond donors (Lipinski definition) is 1. The second-order valence-electron chi connectivity index (χ2n) is 11.5. The van der Waals surface area contributed by atoms with Crippen molar-refractivity contribution in [3.63, 3.8) is 0 Å². The molecular weight excluding hydrogens is 432 g/mol. The molecule has 0 spiro atoms. The highest BCUT2D eigenvalue weighted by Gasteiger charge is 2.35. The van der Waals surface area contributed by atoms with Crippen LogP contribution >= 0.6 is 0 Å². The third-order valence-electron chi connectivity index (χ3n) is 5.97. The van der Waals surface area contributed by atoms with Crippen LogP contribution in [0.4, 0.5) is 0 Å². The van der Waals surface area contributed by atoms with Crippen molar-refractivity contribution >= 4 is 17.8 Å². The maximum absolute atomic E-state index is 13.1. The molecule has 0 radical (unpaired) electrons. The fourth-order valence-corrected chi connectivity index (χ4v) is 3.77. The van der Waals surface area contributed by atoms with Crippen LogP contribution < -0.4 is 10.1 Å². The van der Waals surface area contributed by atoms with E-state index >= 15 is 0 Å². The molecule has 1 saturated heterocycles. The van der Waals surface area contributed by atoms with Crippen molar-refractivity contribution < 1.29 is 23.9 Å². The van der Waals surface area contributed by atoms with Gasteiger partial charge in [0.25, 0.3) is 5.91 Å². The Kier molecular flexibility index (Phi) is 9.15. The van der Waals surface area contributed by atoms with Gasteiger partial charge in [-0.25, -0.2) is 0 Å². The molecule has 1 N–H and O–H groups in total. The molecule has 1 unspecified atom stereocenters. The van der Waals surface area contributed by atoms with Gasteiger partial charge in [-0.2, -0.15) is 0 Å². The summed E-state index contributed by atoms with van der Waals surface area (Å²) < 4.78 is 11.3. The number of nitrogens with zero attached hydrogens (tertiary/aromatic N) is 1. The smallest absolute Gasteiger partial charge is 0.308 e. The van der Waals surface area contributed by atoms with Crippen LogP contribution in [0.15, 0.2) is 18.2 Å². The van der Waals surface area contributed by atoms with E-state index in [1.807, 2.05) is 26.0 Å². The second kappa shape index (κ2) is 11.2. The molecule has 34 heavy (non-hydrogen) atoms. The normalized spacial score (nSPS) is 16.9. The van der Waals surface area contributed by atoms with E-state index in [-0.39, 0.29) is 35.7 Å². The lowest BCUT2D eigenvalue weighted by atomic mass is 9.80. The molecule has 0 aromatic heterocycles. The number of carbonyl (C=O) groups is 3. The molecule has 2 amide bonds. The van der Waals surface area contributed by atoms with Crippen molar-refractivity contribution in [1.29, 1.82) is 0 Å². The summed E-state index contributed by atoms with van der Waals surface area (Å²) >= 11 is 0. The predicted octanol–water partition coefficient (Wildman–Crippen LogP) is 3.97. The quantitative estimate of drug-likeness (QED) is 0.577. The van der Waals surface area contributed by atoms with Crippen LogP contribution in [0.25, 0.3) is 0 Å². The summed E-state index contributed by atoms with van der Waals surface area (Å²) in [5, 5.41) is 2.74. The zero-order valence-corrected chi connectivity index (χ0v) is 22.1. The van der Waals surface area contributed by atoms with E-state index in [9.17, 15) is 14.4 Å². The number of esters is 1. The van der Waals surface area contributed by atoms with Gasteiger partial charge < -0.3 is 19.7 Å². The topological polar surface area (TPSA) is 84.9 Å². The first-order valence-corrected chi connectivity index (χ1v) is 12.2. The van der Waals surface area contributed by atoms with Crippen molar-refractivity contribution in [2.75, 3.05) is 26.3 Å². The molecular formula is C27H42N2O5. The van der Waals surface area contributed by atoms with E-state index in [1.165, 1.54) is 10.5 Å². The average molecular weight is 475 g/mol. The minimum Gasteiger partial charge on any atom is -0.483 e. The number of ether oxygens (including phenoxy) is 2. The summed E-state index contributed by atoms with van der Waals surface area (Å²) in [7, 11) is 0. The van der Waals surface area contributed by atoms with Gasteiger partial charge in [0.1, 0.15) is 11.8 Å². The highest BCUT2D eigenvalue weighted by atomic mass is 16.5. The Balaban J connectivity index is 2.11. The van der Waals surface area contributed by atoms with Gasteiger partial charge in [-0.3, -0.25) is 14.4 Å². The predicted molar refractivity (Wildman–Crippen MR) is 133 cm³/mol. The number of rotatable bonds is 8. The number of piperazine rings is 1. The van der Waals surface area contributed by atoms with Gasteiger partial charge in [-0.05, 0) is 40.4 Å². The Hall–Kier alpha value is -2.57. The monoisotopic (exact) mass is 474 g/mol. The molecule has 1 aromatic carbocycles. The fourth-order valence-electron chi connectivity index (χ4n) is 3.77. The molecule has 0 aliphatic carbocycles. The van der Waals surface area contributed by atoms with Crippen LogP contribution in [0.2, 0.25) is 0 Å². The molecule has 1 aliphatic rings. The van der Waals surface area contributed by atoms with Crippen LogP contribution in [0, 0.1) is 5.92 Å². The van der Waals surface area contributed by atoms with Gasteiger partial charge in [0, 0.05) is 13.1 Å². The van der Waals surface area contributed by atoms with Gasteiger partial charge in [-0.1, -0.05) is 67.5 Å². The van der Waals surface area contributed by atoms with Gasteiger partial charge >= 0.3 is 5.97 Å². The van der Waals surface area contributed by atoms with Crippen LogP contribution in [-0.4, -0.2) is 55.0 Å². The van der Waals surface area contributed by atoms with Crippen molar-refractivity contribution in [2.45, 2.75) is 85.1 Å². The molecule has 0 bridgehead atoms. The van der Waals surface area contributed by atoms with Crippen LogP contribution in [0.1, 0.15) is 79.4 Å². The number of amides is 2. The van der Waals surface area contributed by atoms with Gasteiger partial charge in [-0.15, -0.1) is 0 Å². The van der Waals surface area contributed by atoms with Gasteiger partial charge in [0.05, 0.1) is 13.0 Å². The van der Waals surface area contributed by atoms with E-state index in [1.54, 1.807) is 0 Å². The minimum atomic E-state index is -0.887. The van der Waals surface area contributed by atoms with Gasteiger partial charge in [0.2, 0.25) is 5.91 Å². The Labute approximate surface area is 204 Å². The number of nitrogens with one attached hydrogen (secondary N) is 1. The zero-order chi connectivity index (χ0) is 25.7. The molecule has 1 atom stereocenters. The molecule has 190 valence electrons. The summed E-state index contributed by atoms with van der Waals surface area (Å²) in [4.78, 5) is 39.2. The highest BCUT2D eigenvalue weighted by Crippen LogP contribution is 2.35. The Morgan fingerprint density at radius 2 is 1.79 bits per heavy atom. The van der Waals surface area contributed by atoms with Crippen molar-refractivity contribution in [1.82, 2.24) is 10.2 Å². The van der Waals surface area contributed by atoms with E-state index in [2.05, 4.69) is 52.9 Å². The first-order chi connectivity index (χ1) is 15.7. The summed E-state index contributed by atoms with van der Waals surface area (Å²) in [6, 6.07) is 5.20. The number of carbonyl (C=O) groups excluding carboxylic acids is 3. The van der Waals surface area contributed by atoms with Crippen molar-refractivity contribution in [3.8, 4) is 5.75 Å². The van der Waals surface area contributed by atoms with Crippen LogP contribution in [-0.2, 0) is 30.0 Å². The Morgan fingerprint density at radius 1 is 1.12 bits per heavy atom. The minimum absolute atomic E-state index is 0.00743. The summed E-state index contributed by atoms with van der Waals surface area (Å²) in [6.45, 7) is 17.7. The number of benzene rings is 1. The maximum atomic E-state index is 13.1. The summed E-state index contributed by atoms with van der Waals surface area (Å²) in [5.74, 6) is -0.0782. The largest absolute Gasteiger partial charge is 0.483 e. The maximum Gasteiger partial charge on any atom is 0.308 e.